The van der Waals surface area contributed by atoms with E-state index < -0.39 is 0 Å². The van der Waals surface area contributed by atoms with E-state index in [1.807, 2.05) is 0 Å². The highest BCUT2D eigenvalue weighted by Gasteiger charge is 1.95. The van der Waals surface area contributed by atoms with Gasteiger partial charge in [0.15, 0.2) is 0 Å². The van der Waals surface area contributed by atoms with E-state index in [0.717, 1.165) is 5.92 Å². The Balaban J connectivity index is 3.88. The molecule has 0 heterocycles. The summed E-state index contributed by atoms with van der Waals surface area (Å²) in [7, 11) is 0. The molecule has 0 bridgehead atoms. The van der Waals surface area contributed by atoms with E-state index in [-0.39, 0.29) is 0 Å². The maximum Gasteiger partial charge on any atom is -0.0236 e. The predicted molar refractivity (Wildman–Crippen MR) is 52.6 cm³/mol. The van der Waals surface area contributed by atoms with Crippen molar-refractivity contribution in [2.45, 2.75) is 40.5 Å². The van der Waals surface area contributed by atoms with Crippen molar-refractivity contribution in [3.63, 3.8) is 0 Å². The van der Waals surface area contributed by atoms with Gasteiger partial charge in [-0.3, -0.25) is 0 Å². The monoisotopic (exact) mass is 152 g/mol. The van der Waals surface area contributed by atoms with Crippen LogP contribution in [0.3, 0.4) is 0 Å². The molecular formula is C11H20. The second-order valence-electron chi connectivity index (χ2n) is 2.97. The number of hydrogen-bond acceptors (Lipinski definition) is 0. The lowest BCUT2D eigenvalue weighted by Crippen LogP contribution is -1.90. The third-order valence-corrected chi connectivity index (χ3v) is 2.14. The topological polar surface area (TPSA) is 0 Å². The molecule has 0 aliphatic rings. The molecule has 0 unspecified atom stereocenters. The molecule has 0 saturated carbocycles. The Morgan fingerprint density at radius 1 is 1.27 bits per heavy atom. The van der Waals surface area contributed by atoms with Crippen LogP contribution in [0.1, 0.15) is 40.5 Å². The minimum atomic E-state index is 0.768. The van der Waals surface area contributed by atoms with Crippen LogP contribution in [-0.4, -0.2) is 0 Å². The van der Waals surface area contributed by atoms with E-state index in [1.54, 1.807) is 0 Å². The molecule has 0 nitrogen and oxygen atoms in total. The molecule has 0 saturated heterocycles. The van der Waals surface area contributed by atoms with Crippen LogP contribution < -0.4 is 0 Å². The van der Waals surface area contributed by atoms with Crippen LogP contribution >= 0.6 is 0 Å². The average Bonchev–Trinajstić information content (AvgIpc) is 2.06. The average molecular weight is 152 g/mol. The van der Waals surface area contributed by atoms with Crippen LogP contribution in [0, 0.1) is 5.92 Å². The second-order valence-corrected chi connectivity index (χ2v) is 2.97. The smallest absolute Gasteiger partial charge is 0.0236 e. The van der Waals surface area contributed by atoms with Gasteiger partial charge in [-0.25, -0.2) is 0 Å². The molecule has 0 fully saturated rings. The molecule has 0 spiro atoms. The Kier molecular flexibility index (Phi) is 5.91. The van der Waals surface area contributed by atoms with E-state index in [4.69, 9.17) is 0 Å². The first-order chi connectivity index (χ1) is 5.24. The van der Waals surface area contributed by atoms with Crippen LogP contribution in [-0.2, 0) is 0 Å². The number of rotatable bonds is 4. The summed E-state index contributed by atoms with van der Waals surface area (Å²) >= 11 is 0. The van der Waals surface area contributed by atoms with E-state index in [2.05, 4.69) is 45.9 Å². The Hall–Kier alpha value is -0.520. The highest BCUT2D eigenvalue weighted by molar-refractivity contribution is 5.15. The molecule has 0 heteroatoms. The molecule has 0 aliphatic heterocycles. The van der Waals surface area contributed by atoms with Gasteiger partial charge in [-0.2, -0.15) is 0 Å². The number of allylic oxidation sites excluding steroid dienone is 4. The zero-order chi connectivity index (χ0) is 8.69. The minimum Gasteiger partial charge on any atom is -0.0847 e. The summed E-state index contributed by atoms with van der Waals surface area (Å²) < 4.78 is 0. The van der Waals surface area contributed by atoms with Crippen molar-refractivity contribution < 1.29 is 0 Å². The van der Waals surface area contributed by atoms with Gasteiger partial charge >= 0.3 is 0 Å². The van der Waals surface area contributed by atoms with Crippen molar-refractivity contribution in [2.24, 2.45) is 5.92 Å². The van der Waals surface area contributed by atoms with Crippen molar-refractivity contribution in [3.05, 3.63) is 23.8 Å². The third kappa shape index (κ3) is 4.83. The first kappa shape index (κ1) is 10.5. The summed E-state index contributed by atoms with van der Waals surface area (Å²) in [6.45, 7) is 8.69. The highest BCUT2D eigenvalue weighted by Crippen LogP contribution is 2.10. The summed E-state index contributed by atoms with van der Waals surface area (Å²) in [6.07, 6.45) is 9.18. The molecule has 0 atom stereocenters. The molecule has 0 N–H and O–H groups in total. The standard InChI is InChI=1S/C11H20/c1-5-10(4)8-9-11(6-2)7-3/h5,8-9,11H,6-7H2,1-4H3/b9-8-,10-5-. The first-order valence-corrected chi connectivity index (χ1v) is 4.55. The van der Waals surface area contributed by atoms with Gasteiger partial charge in [-0.15, -0.1) is 0 Å². The van der Waals surface area contributed by atoms with Gasteiger partial charge < -0.3 is 0 Å². The molecule has 0 rings (SSSR count). The summed E-state index contributed by atoms with van der Waals surface area (Å²) in [5, 5.41) is 0. The van der Waals surface area contributed by atoms with Gasteiger partial charge in [-0.05, 0) is 32.6 Å². The summed E-state index contributed by atoms with van der Waals surface area (Å²) in [5.74, 6) is 0.768. The molecule has 0 aliphatic carbocycles. The van der Waals surface area contributed by atoms with E-state index in [1.165, 1.54) is 18.4 Å². The summed E-state index contributed by atoms with van der Waals surface area (Å²) in [5.41, 5.74) is 1.36. The fourth-order valence-corrected chi connectivity index (χ4v) is 0.945. The lowest BCUT2D eigenvalue weighted by atomic mass is 10.0. The molecule has 0 aromatic carbocycles. The molecular weight excluding hydrogens is 132 g/mol. The van der Waals surface area contributed by atoms with Gasteiger partial charge in [0.1, 0.15) is 0 Å². The molecule has 0 radical (unpaired) electrons. The molecule has 11 heavy (non-hydrogen) atoms. The van der Waals surface area contributed by atoms with Gasteiger partial charge in [0, 0.05) is 0 Å². The maximum atomic E-state index is 2.31. The zero-order valence-corrected chi connectivity index (χ0v) is 8.22. The van der Waals surface area contributed by atoms with Crippen molar-refractivity contribution in [1.82, 2.24) is 0 Å². The van der Waals surface area contributed by atoms with Crippen LogP contribution in [0.4, 0.5) is 0 Å². The van der Waals surface area contributed by atoms with Gasteiger partial charge in [0.2, 0.25) is 0 Å². The quantitative estimate of drug-likeness (QED) is 0.535. The normalized spacial score (nSPS) is 13.4. The molecule has 0 amide bonds. The Morgan fingerprint density at radius 2 is 1.82 bits per heavy atom. The summed E-state index contributed by atoms with van der Waals surface area (Å²) in [6, 6.07) is 0. The van der Waals surface area contributed by atoms with E-state index >= 15 is 0 Å². The van der Waals surface area contributed by atoms with Crippen LogP contribution in [0.25, 0.3) is 0 Å². The molecule has 64 valence electrons. The Bertz CT molecular complexity index is 136. The van der Waals surface area contributed by atoms with Gasteiger partial charge in [-0.1, -0.05) is 37.6 Å². The largest absolute Gasteiger partial charge is 0.0847 e. The SMILES string of the molecule is C/C=C(C)\C=C/C(CC)CC. The Morgan fingerprint density at radius 3 is 2.18 bits per heavy atom. The van der Waals surface area contributed by atoms with Crippen molar-refractivity contribution in [2.75, 3.05) is 0 Å². The van der Waals surface area contributed by atoms with Crippen molar-refractivity contribution in [1.29, 1.82) is 0 Å². The molecule has 0 aromatic rings. The van der Waals surface area contributed by atoms with Crippen molar-refractivity contribution in [3.8, 4) is 0 Å². The maximum absolute atomic E-state index is 2.31. The van der Waals surface area contributed by atoms with E-state index in [9.17, 15) is 0 Å². The van der Waals surface area contributed by atoms with Gasteiger partial charge in [0.05, 0.1) is 0 Å². The fraction of sp³-hybridized carbons (Fsp3) is 0.636. The first-order valence-electron chi connectivity index (χ1n) is 4.55. The van der Waals surface area contributed by atoms with Gasteiger partial charge in [0.25, 0.3) is 0 Å². The predicted octanol–water partition coefficient (Wildman–Crippen LogP) is 3.95. The molecule has 0 aromatic heterocycles. The van der Waals surface area contributed by atoms with E-state index in [0.29, 0.717) is 0 Å². The fourth-order valence-electron chi connectivity index (χ4n) is 0.945. The lowest BCUT2D eigenvalue weighted by molar-refractivity contribution is 0.606. The second kappa shape index (κ2) is 6.21. The number of hydrogen-bond donors (Lipinski definition) is 0. The summed E-state index contributed by atoms with van der Waals surface area (Å²) in [4.78, 5) is 0. The van der Waals surface area contributed by atoms with Crippen LogP contribution in [0.15, 0.2) is 23.8 Å². The van der Waals surface area contributed by atoms with Crippen LogP contribution in [0.5, 0.6) is 0 Å². The third-order valence-electron chi connectivity index (χ3n) is 2.14. The van der Waals surface area contributed by atoms with Crippen LogP contribution in [0.2, 0.25) is 0 Å². The lowest BCUT2D eigenvalue weighted by Gasteiger charge is -2.04. The minimum absolute atomic E-state index is 0.768. The zero-order valence-electron chi connectivity index (χ0n) is 8.22. The highest BCUT2D eigenvalue weighted by atomic mass is 14.0. The van der Waals surface area contributed by atoms with Crippen molar-refractivity contribution >= 4 is 0 Å². The Labute approximate surface area is 71.0 Å².